The summed E-state index contributed by atoms with van der Waals surface area (Å²) in [6.07, 6.45) is 3.32. The molecule has 19 heavy (non-hydrogen) atoms. The predicted octanol–water partition coefficient (Wildman–Crippen LogP) is 1.59. The first-order chi connectivity index (χ1) is 9.35. The van der Waals surface area contributed by atoms with Crippen LogP contribution in [0.5, 0.6) is 0 Å². The van der Waals surface area contributed by atoms with E-state index in [1.165, 1.54) is 0 Å². The van der Waals surface area contributed by atoms with Crippen molar-refractivity contribution < 1.29 is 0 Å². The Morgan fingerprint density at radius 3 is 2.79 bits per heavy atom. The molecular formula is C13H20N6. The van der Waals surface area contributed by atoms with Crippen LogP contribution in [0.25, 0.3) is 5.69 Å². The van der Waals surface area contributed by atoms with Crippen LogP contribution in [-0.4, -0.2) is 32.8 Å². The van der Waals surface area contributed by atoms with E-state index < -0.39 is 0 Å². The Kier molecular flexibility index (Phi) is 4.85. The van der Waals surface area contributed by atoms with Gasteiger partial charge in [-0.25, -0.2) is 0 Å². The molecule has 0 saturated heterocycles. The summed E-state index contributed by atoms with van der Waals surface area (Å²) in [5.74, 6) is 0.637. The first-order valence-corrected chi connectivity index (χ1v) is 6.65. The van der Waals surface area contributed by atoms with Crippen LogP contribution in [0.2, 0.25) is 0 Å². The Bertz CT molecular complexity index is 481. The van der Waals surface area contributed by atoms with Gasteiger partial charge in [0.1, 0.15) is 0 Å². The molecule has 1 aromatic carbocycles. The van der Waals surface area contributed by atoms with Crippen molar-refractivity contribution in [2.24, 2.45) is 5.73 Å². The van der Waals surface area contributed by atoms with Crippen molar-refractivity contribution in [3.63, 3.8) is 0 Å². The van der Waals surface area contributed by atoms with Crippen molar-refractivity contribution in [1.29, 1.82) is 0 Å². The normalized spacial score (nSPS) is 12.3. The van der Waals surface area contributed by atoms with E-state index in [-0.39, 0.29) is 6.04 Å². The van der Waals surface area contributed by atoms with Crippen molar-refractivity contribution in [1.82, 2.24) is 20.2 Å². The minimum Gasteiger partial charge on any atom is -0.349 e. The molecule has 1 aromatic heterocycles. The van der Waals surface area contributed by atoms with Crippen LogP contribution in [0.4, 0.5) is 5.95 Å². The quantitative estimate of drug-likeness (QED) is 0.790. The number of tetrazole rings is 1. The molecule has 2 rings (SSSR count). The molecule has 2 aromatic rings. The molecule has 6 nitrogen and oxygen atoms in total. The number of rotatable bonds is 7. The Labute approximate surface area is 113 Å². The van der Waals surface area contributed by atoms with E-state index in [2.05, 4.69) is 27.8 Å². The van der Waals surface area contributed by atoms with Crippen LogP contribution >= 0.6 is 0 Å². The van der Waals surface area contributed by atoms with Gasteiger partial charge in [-0.1, -0.05) is 43.1 Å². The van der Waals surface area contributed by atoms with Gasteiger partial charge in [-0.2, -0.15) is 4.68 Å². The van der Waals surface area contributed by atoms with Gasteiger partial charge in [0.15, 0.2) is 0 Å². The smallest absolute Gasteiger partial charge is 0.248 e. The van der Waals surface area contributed by atoms with Gasteiger partial charge in [0.25, 0.3) is 0 Å². The minimum atomic E-state index is 0.202. The van der Waals surface area contributed by atoms with Crippen molar-refractivity contribution in [2.75, 3.05) is 11.9 Å². The summed E-state index contributed by atoms with van der Waals surface area (Å²) in [5, 5.41) is 15.1. The van der Waals surface area contributed by atoms with Crippen LogP contribution in [-0.2, 0) is 0 Å². The second-order valence-electron chi connectivity index (χ2n) is 4.47. The van der Waals surface area contributed by atoms with E-state index in [4.69, 9.17) is 5.73 Å². The van der Waals surface area contributed by atoms with E-state index >= 15 is 0 Å². The number of aromatic nitrogens is 4. The SMILES string of the molecule is CCCCC(CN)Nc1nnnn1-c1ccccc1. The first kappa shape index (κ1) is 13.5. The van der Waals surface area contributed by atoms with Crippen LogP contribution in [0.3, 0.4) is 0 Å². The van der Waals surface area contributed by atoms with Crippen molar-refractivity contribution >= 4 is 5.95 Å². The maximum absolute atomic E-state index is 5.78. The zero-order chi connectivity index (χ0) is 13.5. The maximum atomic E-state index is 5.78. The molecule has 3 N–H and O–H groups in total. The molecule has 0 saturated carbocycles. The van der Waals surface area contributed by atoms with E-state index in [0.717, 1.165) is 24.9 Å². The number of anilines is 1. The van der Waals surface area contributed by atoms with Gasteiger partial charge in [-0.3, -0.25) is 0 Å². The largest absolute Gasteiger partial charge is 0.349 e. The maximum Gasteiger partial charge on any atom is 0.248 e. The number of hydrogen-bond acceptors (Lipinski definition) is 5. The summed E-state index contributed by atoms with van der Waals surface area (Å²) >= 11 is 0. The Hall–Kier alpha value is -1.95. The molecule has 0 spiro atoms. The van der Waals surface area contributed by atoms with Crippen LogP contribution < -0.4 is 11.1 Å². The lowest BCUT2D eigenvalue weighted by molar-refractivity contribution is 0.607. The molecule has 0 aliphatic carbocycles. The number of nitrogens with two attached hydrogens (primary N) is 1. The molecule has 0 amide bonds. The zero-order valence-corrected chi connectivity index (χ0v) is 11.2. The van der Waals surface area contributed by atoms with E-state index in [9.17, 15) is 0 Å². The zero-order valence-electron chi connectivity index (χ0n) is 11.2. The molecule has 1 unspecified atom stereocenters. The minimum absolute atomic E-state index is 0.202. The molecular weight excluding hydrogens is 240 g/mol. The summed E-state index contributed by atoms with van der Waals surface area (Å²) in [6, 6.07) is 10.0. The van der Waals surface area contributed by atoms with Crippen molar-refractivity contribution in [3.05, 3.63) is 30.3 Å². The number of nitrogens with zero attached hydrogens (tertiary/aromatic N) is 4. The molecule has 1 heterocycles. The summed E-state index contributed by atoms with van der Waals surface area (Å²) < 4.78 is 1.69. The Balaban J connectivity index is 2.11. The fourth-order valence-electron chi connectivity index (χ4n) is 1.90. The van der Waals surface area contributed by atoms with Gasteiger partial charge in [-0.05, 0) is 29.0 Å². The number of hydrogen-bond donors (Lipinski definition) is 2. The van der Waals surface area contributed by atoms with Crippen LogP contribution in [0, 0.1) is 0 Å². The molecule has 102 valence electrons. The molecule has 0 radical (unpaired) electrons. The van der Waals surface area contributed by atoms with Gasteiger partial charge >= 0.3 is 0 Å². The van der Waals surface area contributed by atoms with Crippen LogP contribution in [0.15, 0.2) is 30.3 Å². The highest BCUT2D eigenvalue weighted by Crippen LogP contribution is 2.12. The third-order valence-corrected chi connectivity index (χ3v) is 2.99. The molecule has 1 atom stereocenters. The molecule has 0 aliphatic rings. The number of unbranched alkanes of at least 4 members (excludes halogenated alkanes) is 1. The second kappa shape index (κ2) is 6.84. The average molecular weight is 260 g/mol. The average Bonchev–Trinajstić information content (AvgIpc) is 2.92. The predicted molar refractivity (Wildman–Crippen MR) is 75.1 cm³/mol. The van der Waals surface area contributed by atoms with Gasteiger partial charge < -0.3 is 11.1 Å². The Morgan fingerprint density at radius 1 is 1.32 bits per heavy atom. The first-order valence-electron chi connectivity index (χ1n) is 6.65. The van der Waals surface area contributed by atoms with Crippen molar-refractivity contribution in [3.8, 4) is 5.69 Å². The second-order valence-corrected chi connectivity index (χ2v) is 4.47. The van der Waals surface area contributed by atoms with Crippen molar-refractivity contribution in [2.45, 2.75) is 32.2 Å². The lowest BCUT2D eigenvalue weighted by atomic mass is 10.1. The van der Waals surface area contributed by atoms with Gasteiger partial charge in [0, 0.05) is 12.6 Å². The summed E-state index contributed by atoms with van der Waals surface area (Å²) in [5.41, 5.74) is 6.71. The topological polar surface area (TPSA) is 81.7 Å². The van der Waals surface area contributed by atoms with Gasteiger partial charge in [-0.15, -0.1) is 0 Å². The van der Waals surface area contributed by atoms with Crippen LogP contribution in [0.1, 0.15) is 26.2 Å². The standard InChI is InChI=1S/C13H20N6/c1-2-3-7-11(10-14)15-13-16-17-18-19(13)12-8-5-4-6-9-12/h4-6,8-9,11H,2-3,7,10,14H2,1H3,(H,15,16,18). The molecule has 6 heteroatoms. The molecule has 0 fully saturated rings. The van der Waals surface area contributed by atoms with Gasteiger partial charge in [0.05, 0.1) is 5.69 Å². The summed E-state index contributed by atoms with van der Waals surface area (Å²) in [4.78, 5) is 0. The lowest BCUT2D eigenvalue weighted by Crippen LogP contribution is -2.30. The van der Waals surface area contributed by atoms with E-state index in [1.807, 2.05) is 30.3 Å². The fraction of sp³-hybridized carbons (Fsp3) is 0.462. The Morgan fingerprint density at radius 2 is 2.11 bits per heavy atom. The number of benzene rings is 1. The lowest BCUT2D eigenvalue weighted by Gasteiger charge is -2.16. The third-order valence-electron chi connectivity index (χ3n) is 2.99. The molecule has 0 aliphatic heterocycles. The highest BCUT2D eigenvalue weighted by molar-refractivity contribution is 5.38. The molecule has 0 bridgehead atoms. The monoisotopic (exact) mass is 260 g/mol. The third kappa shape index (κ3) is 3.51. The summed E-state index contributed by atoms with van der Waals surface area (Å²) in [7, 11) is 0. The fourth-order valence-corrected chi connectivity index (χ4v) is 1.90. The highest BCUT2D eigenvalue weighted by Gasteiger charge is 2.12. The highest BCUT2D eigenvalue weighted by atomic mass is 15.6. The van der Waals surface area contributed by atoms with E-state index in [0.29, 0.717) is 12.5 Å². The summed E-state index contributed by atoms with van der Waals surface area (Å²) in [6.45, 7) is 2.74. The van der Waals surface area contributed by atoms with Gasteiger partial charge in [0.2, 0.25) is 5.95 Å². The number of para-hydroxylation sites is 1. The van der Waals surface area contributed by atoms with E-state index in [1.54, 1.807) is 4.68 Å². The number of nitrogens with one attached hydrogen (secondary N) is 1.